The van der Waals surface area contributed by atoms with Gasteiger partial charge in [-0.25, -0.2) is 0 Å². The summed E-state index contributed by atoms with van der Waals surface area (Å²) in [5.74, 6) is -0.346. The van der Waals surface area contributed by atoms with Crippen LogP contribution < -0.4 is 15.6 Å². The average Bonchev–Trinajstić information content (AvgIpc) is 2.58. The molecule has 0 aromatic heterocycles. The van der Waals surface area contributed by atoms with Gasteiger partial charge < -0.3 is 4.74 Å². The van der Waals surface area contributed by atoms with Crippen molar-refractivity contribution in [2.45, 2.75) is 13.3 Å². The van der Waals surface area contributed by atoms with Crippen LogP contribution in [0.2, 0.25) is 5.02 Å². The Hall–Kier alpha value is -2.53. The molecule has 2 aromatic carbocycles. The van der Waals surface area contributed by atoms with Gasteiger partial charge in [0.05, 0.1) is 10.6 Å². The highest BCUT2D eigenvalue weighted by molar-refractivity contribution is 6.33. The molecular formula is C17H17ClN2O3. The summed E-state index contributed by atoms with van der Waals surface area (Å²) in [5, 5.41) is 0.312. The van der Waals surface area contributed by atoms with Crippen molar-refractivity contribution >= 4 is 23.4 Å². The van der Waals surface area contributed by atoms with E-state index in [9.17, 15) is 9.59 Å². The number of amides is 2. The van der Waals surface area contributed by atoms with Crippen molar-refractivity contribution in [1.29, 1.82) is 0 Å². The van der Waals surface area contributed by atoms with Crippen LogP contribution >= 0.6 is 11.6 Å². The van der Waals surface area contributed by atoms with E-state index in [-0.39, 0.29) is 12.2 Å². The fourth-order valence-electron chi connectivity index (χ4n) is 1.88. The second-order valence-electron chi connectivity index (χ2n) is 4.77. The summed E-state index contributed by atoms with van der Waals surface area (Å²) in [4.78, 5) is 23.6. The summed E-state index contributed by atoms with van der Waals surface area (Å²) < 4.78 is 5.38. The molecule has 5 nitrogen and oxygen atoms in total. The van der Waals surface area contributed by atoms with Crippen LogP contribution in [-0.2, 0) is 11.2 Å². The van der Waals surface area contributed by atoms with E-state index in [4.69, 9.17) is 16.3 Å². The van der Waals surface area contributed by atoms with Crippen molar-refractivity contribution < 1.29 is 14.3 Å². The molecule has 2 N–H and O–H groups in total. The summed E-state index contributed by atoms with van der Waals surface area (Å²) in [5.41, 5.74) is 5.98. The van der Waals surface area contributed by atoms with Gasteiger partial charge >= 0.3 is 0 Å². The van der Waals surface area contributed by atoms with Gasteiger partial charge in [0.25, 0.3) is 11.8 Å². The van der Waals surface area contributed by atoms with Crippen LogP contribution in [0.5, 0.6) is 5.75 Å². The summed E-state index contributed by atoms with van der Waals surface area (Å²) in [6.45, 7) is 1.84. The molecule has 2 aromatic rings. The Balaban J connectivity index is 1.81. The van der Waals surface area contributed by atoms with Crippen LogP contribution in [0.15, 0.2) is 48.5 Å². The summed E-state index contributed by atoms with van der Waals surface area (Å²) in [6.07, 6.45) is 0.886. The second-order valence-corrected chi connectivity index (χ2v) is 5.18. The predicted molar refractivity (Wildman–Crippen MR) is 88.4 cm³/mol. The molecule has 0 bridgehead atoms. The van der Waals surface area contributed by atoms with E-state index in [1.54, 1.807) is 30.3 Å². The molecule has 120 valence electrons. The van der Waals surface area contributed by atoms with E-state index >= 15 is 0 Å². The molecule has 6 heteroatoms. The maximum atomic E-state index is 11.9. The van der Waals surface area contributed by atoms with Crippen molar-refractivity contribution in [1.82, 2.24) is 10.9 Å². The molecule has 2 amide bonds. The molecule has 0 unspecified atom stereocenters. The third-order valence-corrected chi connectivity index (χ3v) is 3.44. The minimum atomic E-state index is -0.489. The number of halogens is 1. The van der Waals surface area contributed by atoms with Gasteiger partial charge in [0.15, 0.2) is 6.61 Å². The highest BCUT2D eigenvalue weighted by Crippen LogP contribution is 2.14. The fourth-order valence-corrected chi connectivity index (χ4v) is 2.10. The lowest BCUT2D eigenvalue weighted by Gasteiger charge is -2.10. The summed E-state index contributed by atoms with van der Waals surface area (Å²) in [7, 11) is 0. The molecule has 0 heterocycles. The molecule has 0 aliphatic carbocycles. The van der Waals surface area contributed by atoms with E-state index in [0.29, 0.717) is 10.8 Å². The maximum Gasteiger partial charge on any atom is 0.276 e. The largest absolute Gasteiger partial charge is 0.484 e. The van der Waals surface area contributed by atoms with Crippen molar-refractivity contribution in [3.63, 3.8) is 0 Å². The number of carbonyl (C=O) groups is 2. The molecule has 2 rings (SSSR count). The standard InChI is InChI=1S/C17H17ClN2O3/c1-2-12-6-5-7-13(10-12)23-11-16(21)19-20-17(22)14-8-3-4-9-15(14)18/h3-10H,2,11H2,1H3,(H,19,21)(H,20,22). The number of nitrogens with one attached hydrogen (secondary N) is 2. The molecule has 0 fully saturated rings. The first-order valence-electron chi connectivity index (χ1n) is 7.15. The summed E-state index contributed by atoms with van der Waals surface area (Å²) in [6, 6.07) is 14.1. The van der Waals surface area contributed by atoms with Gasteiger partial charge in [-0.1, -0.05) is 42.8 Å². The molecule has 0 saturated carbocycles. The average molecular weight is 333 g/mol. The molecule has 0 spiro atoms. The number of ether oxygens (including phenoxy) is 1. The first-order chi connectivity index (χ1) is 11.1. The van der Waals surface area contributed by atoms with Gasteiger partial charge in [-0.05, 0) is 36.2 Å². The van der Waals surface area contributed by atoms with Gasteiger partial charge in [0, 0.05) is 0 Å². The summed E-state index contributed by atoms with van der Waals surface area (Å²) >= 11 is 5.91. The van der Waals surface area contributed by atoms with Gasteiger partial charge in [-0.15, -0.1) is 0 Å². The molecule has 0 radical (unpaired) electrons. The number of aryl methyl sites for hydroxylation is 1. The van der Waals surface area contributed by atoms with Crippen LogP contribution in [0.4, 0.5) is 0 Å². The van der Waals surface area contributed by atoms with E-state index < -0.39 is 11.8 Å². The zero-order chi connectivity index (χ0) is 16.7. The molecule has 0 aliphatic heterocycles. The Morgan fingerprint density at radius 2 is 1.87 bits per heavy atom. The van der Waals surface area contributed by atoms with Crippen LogP contribution in [0.25, 0.3) is 0 Å². The number of hydrogen-bond donors (Lipinski definition) is 2. The first-order valence-corrected chi connectivity index (χ1v) is 7.53. The van der Waals surface area contributed by atoms with Gasteiger partial charge in [0.1, 0.15) is 5.75 Å². The number of rotatable bonds is 5. The van der Waals surface area contributed by atoms with E-state index in [0.717, 1.165) is 12.0 Å². The van der Waals surface area contributed by atoms with Crippen molar-refractivity contribution in [3.05, 3.63) is 64.7 Å². The molecule has 23 heavy (non-hydrogen) atoms. The van der Waals surface area contributed by atoms with Gasteiger partial charge in [-0.2, -0.15) is 0 Å². The van der Waals surface area contributed by atoms with E-state index in [1.807, 2.05) is 25.1 Å². The SMILES string of the molecule is CCc1cccc(OCC(=O)NNC(=O)c2ccccc2Cl)c1. The van der Waals surface area contributed by atoms with Gasteiger partial charge in [0.2, 0.25) is 0 Å². The fraction of sp³-hybridized carbons (Fsp3) is 0.176. The Labute approximate surface area is 139 Å². The number of benzene rings is 2. The van der Waals surface area contributed by atoms with Crippen molar-refractivity contribution in [2.24, 2.45) is 0 Å². The van der Waals surface area contributed by atoms with Crippen LogP contribution in [0, 0.1) is 0 Å². The minimum absolute atomic E-state index is 0.198. The molecule has 0 atom stereocenters. The lowest BCUT2D eigenvalue weighted by Crippen LogP contribution is -2.43. The van der Waals surface area contributed by atoms with E-state index in [1.165, 1.54) is 0 Å². The highest BCUT2D eigenvalue weighted by atomic mass is 35.5. The predicted octanol–water partition coefficient (Wildman–Crippen LogP) is 2.74. The van der Waals surface area contributed by atoms with Crippen molar-refractivity contribution in [2.75, 3.05) is 6.61 Å². The van der Waals surface area contributed by atoms with Gasteiger partial charge in [-0.3, -0.25) is 20.4 Å². The third-order valence-electron chi connectivity index (χ3n) is 3.11. The Kier molecular flexibility index (Phi) is 6.00. The number of hydrogen-bond acceptors (Lipinski definition) is 3. The topological polar surface area (TPSA) is 67.4 Å². The monoisotopic (exact) mass is 332 g/mol. The first kappa shape index (κ1) is 16.8. The van der Waals surface area contributed by atoms with E-state index in [2.05, 4.69) is 10.9 Å². The highest BCUT2D eigenvalue weighted by Gasteiger charge is 2.10. The Morgan fingerprint density at radius 3 is 2.61 bits per heavy atom. The number of carbonyl (C=O) groups excluding carboxylic acids is 2. The lowest BCUT2D eigenvalue weighted by molar-refractivity contribution is -0.123. The van der Waals surface area contributed by atoms with Crippen LogP contribution in [-0.4, -0.2) is 18.4 Å². The maximum absolute atomic E-state index is 11.9. The molecule has 0 saturated heterocycles. The van der Waals surface area contributed by atoms with Crippen molar-refractivity contribution in [3.8, 4) is 5.75 Å². The number of hydrazine groups is 1. The quantitative estimate of drug-likeness (QED) is 0.827. The molecular weight excluding hydrogens is 316 g/mol. The zero-order valence-corrected chi connectivity index (χ0v) is 13.4. The Bertz CT molecular complexity index is 704. The van der Waals surface area contributed by atoms with Crippen LogP contribution in [0.1, 0.15) is 22.8 Å². The lowest BCUT2D eigenvalue weighted by atomic mass is 10.2. The zero-order valence-electron chi connectivity index (χ0n) is 12.6. The third kappa shape index (κ3) is 5.00. The minimum Gasteiger partial charge on any atom is -0.484 e. The second kappa shape index (κ2) is 8.19. The van der Waals surface area contributed by atoms with Crippen LogP contribution in [0.3, 0.4) is 0 Å². The molecule has 0 aliphatic rings. The normalized spacial score (nSPS) is 10.0. The Morgan fingerprint density at radius 1 is 1.09 bits per heavy atom. The smallest absolute Gasteiger partial charge is 0.276 e.